The molecule has 4 atom stereocenters. The normalized spacial score (nSPS) is 23.4. The molecular weight excluding hydrogens is 552 g/mol. The van der Waals surface area contributed by atoms with Gasteiger partial charge < -0.3 is 31.3 Å². The first-order valence-electron chi connectivity index (χ1n) is 15.2. The van der Waals surface area contributed by atoms with Crippen molar-refractivity contribution in [3.05, 3.63) is 48.5 Å². The fourth-order valence-electron chi connectivity index (χ4n) is 5.65. The van der Waals surface area contributed by atoms with Gasteiger partial charge in [-0.3, -0.25) is 9.56 Å². The van der Waals surface area contributed by atoms with Gasteiger partial charge in [-0.15, -0.1) is 0 Å². The van der Waals surface area contributed by atoms with Gasteiger partial charge in [0, 0.05) is 25.4 Å². The van der Waals surface area contributed by atoms with Gasteiger partial charge in [0.15, 0.2) is 29.2 Å². The zero-order valence-corrected chi connectivity index (χ0v) is 25.0. The van der Waals surface area contributed by atoms with Crippen LogP contribution in [0.25, 0.3) is 11.2 Å². The molecule has 0 unspecified atom stereocenters. The maximum atomic E-state index is 10.8. The molecule has 6 N–H and O–H groups in total. The number of aryl methyl sites for hydroxylation is 1. The number of benzene rings is 1. The number of aliphatic imine (C=N–C) groups is 1. The van der Waals surface area contributed by atoms with Crippen LogP contribution in [0.3, 0.4) is 0 Å². The molecule has 42 heavy (non-hydrogen) atoms. The van der Waals surface area contributed by atoms with Crippen molar-refractivity contribution in [1.82, 2.24) is 24.8 Å². The van der Waals surface area contributed by atoms with E-state index in [1.54, 1.807) is 22.7 Å². The lowest BCUT2D eigenvalue weighted by molar-refractivity contribution is -0.0289. The number of aromatic nitrogens is 4. The second kappa shape index (κ2) is 15.5. The molecular formula is C30H44N8O3S. The van der Waals surface area contributed by atoms with Gasteiger partial charge in [0.25, 0.3) is 0 Å². The molecule has 3 heterocycles. The molecule has 1 aliphatic carbocycles. The number of ether oxygens (including phenoxy) is 1. The maximum absolute atomic E-state index is 10.8. The van der Waals surface area contributed by atoms with Crippen molar-refractivity contribution < 1.29 is 14.9 Å². The molecule has 3 aromatic rings. The molecule has 11 nitrogen and oxygen atoms in total. The van der Waals surface area contributed by atoms with Crippen LogP contribution in [0.2, 0.25) is 0 Å². The summed E-state index contributed by atoms with van der Waals surface area (Å²) in [6.45, 7) is 2.30. The third-order valence-electron chi connectivity index (χ3n) is 8.05. The van der Waals surface area contributed by atoms with Gasteiger partial charge in [0.05, 0.1) is 12.4 Å². The number of thioether (sulfide) groups is 1. The molecule has 1 saturated carbocycles. The Morgan fingerprint density at radius 1 is 1.05 bits per heavy atom. The molecule has 0 amide bonds. The first-order valence-corrected chi connectivity index (χ1v) is 16.3. The Hall–Kier alpha value is -2.93. The number of hydrogen-bond donors (Lipinski definition) is 5. The molecule has 0 bridgehead atoms. The minimum atomic E-state index is -1.09. The van der Waals surface area contributed by atoms with Gasteiger partial charge in [-0.05, 0) is 49.3 Å². The number of nitrogens with two attached hydrogens (primary N) is 1. The van der Waals surface area contributed by atoms with E-state index in [1.807, 2.05) is 18.2 Å². The largest absolute Gasteiger partial charge is 0.387 e. The zero-order chi connectivity index (χ0) is 29.1. The summed E-state index contributed by atoms with van der Waals surface area (Å²) in [5.74, 6) is 3.27. The minimum Gasteiger partial charge on any atom is -0.387 e. The Kier molecular flexibility index (Phi) is 11.3. The highest BCUT2D eigenvalue weighted by Gasteiger charge is 2.44. The minimum absolute atomic E-state index is 0.500. The van der Waals surface area contributed by atoms with Crippen LogP contribution in [0.15, 0.2) is 48.0 Å². The Balaban J connectivity index is 1.05. The summed E-state index contributed by atoms with van der Waals surface area (Å²) >= 11 is 1.68. The van der Waals surface area contributed by atoms with Crippen molar-refractivity contribution in [2.45, 2.75) is 75.9 Å². The summed E-state index contributed by atoms with van der Waals surface area (Å²) in [6, 6.07) is 10.4. The summed E-state index contributed by atoms with van der Waals surface area (Å²) in [7, 11) is 0. The van der Waals surface area contributed by atoms with Gasteiger partial charge in [-0.2, -0.15) is 11.8 Å². The Bertz CT molecular complexity index is 1270. The van der Waals surface area contributed by atoms with Gasteiger partial charge in [0.2, 0.25) is 0 Å². The maximum Gasteiger partial charge on any atom is 0.188 e. The number of nitrogens with one attached hydrogen (secondary N) is 2. The van der Waals surface area contributed by atoms with Gasteiger partial charge in [0.1, 0.15) is 18.5 Å². The van der Waals surface area contributed by atoms with E-state index < -0.39 is 24.5 Å². The van der Waals surface area contributed by atoms with Crippen LogP contribution < -0.4 is 16.4 Å². The molecule has 1 aliphatic heterocycles. The highest BCUT2D eigenvalue weighted by atomic mass is 32.2. The molecule has 228 valence electrons. The van der Waals surface area contributed by atoms with Crippen LogP contribution >= 0.6 is 11.8 Å². The molecule has 2 aliphatic rings. The predicted molar refractivity (Wildman–Crippen MR) is 168 cm³/mol. The standard InChI is InChI=1S/C30H44N8O3S/c31-30(34-17-22-11-5-2-6-12-22)33-15-8-16-42-18-23-25(39)26(40)29(41-23)38-20-37-24-27(35-19-36-28(24)38)32-14-7-13-21-9-3-1-4-10-21/h1,3-4,9-10,19-20,22-23,25-26,29,39-40H,2,5-8,11-18H2,(H3,31,33,34)(H,32,35,36)/t23-,25-,26-,29-/m1/s1. The highest BCUT2D eigenvalue weighted by Crippen LogP contribution is 2.33. The lowest BCUT2D eigenvalue weighted by Gasteiger charge is -2.19. The Morgan fingerprint density at radius 2 is 1.88 bits per heavy atom. The lowest BCUT2D eigenvalue weighted by atomic mass is 9.89. The first kappa shape index (κ1) is 30.5. The van der Waals surface area contributed by atoms with E-state index in [1.165, 1.54) is 44.0 Å². The molecule has 1 saturated heterocycles. The highest BCUT2D eigenvalue weighted by molar-refractivity contribution is 7.99. The SMILES string of the molecule is NC(=NCC1CCCCC1)NCCCSC[C@H]1O[C@@H](n2cnc3c(NCCCc4ccccc4)ncnc32)[C@H](O)[C@@H]1O. The van der Waals surface area contributed by atoms with Crippen molar-refractivity contribution >= 4 is 34.7 Å². The summed E-state index contributed by atoms with van der Waals surface area (Å²) in [5.41, 5.74) is 8.49. The van der Waals surface area contributed by atoms with E-state index in [4.69, 9.17) is 10.5 Å². The number of rotatable bonds is 14. The van der Waals surface area contributed by atoms with Gasteiger partial charge in [-0.25, -0.2) is 15.0 Å². The van der Waals surface area contributed by atoms with E-state index in [0.29, 0.717) is 34.6 Å². The molecule has 12 heteroatoms. The number of hydrogen-bond acceptors (Lipinski definition) is 9. The molecule has 5 rings (SSSR count). The number of aliphatic hydroxyl groups is 2. The van der Waals surface area contributed by atoms with Crippen molar-refractivity contribution in [2.75, 3.05) is 36.5 Å². The number of aliphatic hydroxyl groups excluding tert-OH is 2. The second-order valence-corrected chi connectivity index (χ2v) is 12.3. The van der Waals surface area contributed by atoms with E-state index in [2.05, 4.69) is 42.7 Å². The third-order valence-corrected chi connectivity index (χ3v) is 9.19. The monoisotopic (exact) mass is 596 g/mol. The van der Waals surface area contributed by atoms with E-state index in [-0.39, 0.29) is 0 Å². The fourth-order valence-corrected chi connectivity index (χ4v) is 6.67. The number of guanidine groups is 1. The lowest BCUT2D eigenvalue weighted by Crippen LogP contribution is -2.33. The van der Waals surface area contributed by atoms with Crippen LogP contribution in [-0.2, 0) is 11.2 Å². The fraction of sp³-hybridized carbons (Fsp3) is 0.600. The Morgan fingerprint density at radius 3 is 2.71 bits per heavy atom. The number of anilines is 1. The smallest absolute Gasteiger partial charge is 0.188 e. The number of nitrogens with zero attached hydrogens (tertiary/aromatic N) is 5. The van der Waals surface area contributed by atoms with Gasteiger partial charge in [-0.1, -0.05) is 49.6 Å². The topological polar surface area (TPSA) is 156 Å². The summed E-state index contributed by atoms with van der Waals surface area (Å²) in [4.78, 5) is 17.8. The molecule has 1 aromatic carbocycles. The van der Waals surface area contributed by atoms with E-state index >= 15 is 0 Å². The van der Waals surface area contributed by atoms with Gasteiger partial charge >= 0.3 is 0 Å². The third kappa shape index (κ3) is 8.12. The molecule has 2 aromatic heterocycles. The van der Waals surface area contributed by atoms with Crippen molar-refractivity contribution in [1.29, 1.82) is 0 Å². The van der Waals surface area contributed by atoms with E-state index in [0.717, 1.165) is 44.6 Å². The summed E-state index contributed by atoms with van der Waals surface area (Å²) < 4.78 is 7.81. The van der Waals surface area contributed by atoms with Crippen LogP contribution in [0.1, 0.15) is 56.7 Å². The summed E-state index contributed by atoms with van der Waals surface area (Å²) in [5, 5.41) is 28.1. The van der Waals surface area contributed by atoms with Crippen LogP contribution in [-0.4, -0.2) is 85.1 Å². The van der Waals surface area contributed by atoms with Crippen LogP contribution in [0, 0.1) is 5.92 Å². The first-order chi connectivity index (χ1) is 20.6. The van der Waals surface area contributed by atoms with E-state index in [9.17, 15) is 10.2 Å². The van der Waals surface area contributed by atoms with Crippen LogP contribution in [0.4, 0.5) is 5.82 Å². The number of imidazole rings is 1. The second-order valence-electron chi connectivity index (χ2n) is 11.2. The average Bonchev–Trinajstić information content (AvgIpc) is 3.57. The van der Waals surface area contributed by atoms with Crippen LogP contribution in [0.5, 0.6) is 0 Å². The van der Waals surface area contributed by atoms with Crippen molar-refractivity contribution in [3.63, 3.8) is 0 Å². The average molecular weight is 597 g/mol. The van der Waals surface area contributed by atoms with Crippen molar-refractivity contribution in [3.8, 4) is 0 Å². The molecule has 2 fully saturated rings. The number of fused-ring (bicyclic) bond motifs is 1. The quantitative estimate of drug-likeness (QED) is 0.106. The summed E-state index contributed by atoms with van der Waals surface area (Å²) in [6.07, 6.45) is 9.01. The molecule has 0 radical (unpaired) electrons. The Labute approximate surface area is 251 Å². The molecule has 0 spiro atoms. The predicted octanol–water partition coefficient (Wildman–Crippen LogP) is 3.10. The van der Waals surface area contributed by atoms with Crippen molar-refractivity contribution in [2.24, 2.45) is 16.6 Å². The zero-order valence-electron chi connectivity index (χ0n) is 24.1.